The van der Waals surface area contributed by atoms with E-state index in [-0.39, 0.29) is 0 Å². The number of nitrogens with zero attached hydrogens (tertiary/aromatic N) is 1. The molecule has 1 nitrogen and oxygen atoms in total. The van der Waals surface area contributed by atoms with Crippen LogP contribution in [-0.4, -0.2) is 23.5 Å². The average molecular weight is 177 g/mol. The van der Waals surface area contributed by atoms with Crippen molar-refractivity contribution in [1.82, 2.24) is 4.90 Å². The highest BCUT2D eigenvalue weighted by Crippen LogP contribution is 2.37. The van der Waals surface area contributed by atoms with E-state index in [0.29, 0.717) is 6.04 Å². The zero-order chi connectivity index (χ0) is 9.26. The first-order chi connectivity index (χ1) is 6.33. The van der Waals surface area contributed by atoms with Gasteiger partial charge in [0.05, 0.1) is 6.04 Å². The summed E-state index contributed by atoms with van der Waals surface area (Å²) in [4.78, 5) is 2.58. The van der Waals surface area contributed by atoms with Gasteiger partial charge in [-0.15, -0.1) is 6.42 Å². The van der Waals surface area contributed by atoms with E-state index in [2.05, 4.69) is 17.7 Å². The molecule has 13 heavy (non-hydrogen) atoms. The fraction of sp³-hybridized carbons (Fsp3) is 0.833. The van der Waals surface area contributed by atoms with Crippen LogP contribution in [0.15, 0.2) is 0 Å². The molecular formula is C12H19N. The van der Waals surface area contributed by atoms with E-state index < -0.39 is 0 Å². The van der Waals surface area contributed by atoms with Crippen LogP contribution >= 0.6 is 0 Å². The monoisotopic (exact) mass is 177 g/mol. The minimum absolute atomic E-state index is 0.442. The first-order valence-electron chi connectivity index (χ1n) is 5.55. The summed E-state index contributed by atoms with van der Waals surface area (Å²) < 4.78 is 0. The van der Waals surface area contributed by atoms with Gasteiger partial charge < -0.3 is 0 Å². The minimum Gasteiger partial charge on any atom is -0.287 e. The van der Waals surface area contributed by atoms with Crippen molar-refractivity contribution in [1.29, 1.82) is 0 Å². The molecule has 0 radical (unpaired) electrons. The highest BCUT2D eigenvalue weighted by atomic mass is 15.2. The largest absolute Gasteiger partial charge is 0.287 e. The molecule has 1 saturated carbocycles. The lowest BCUT2D eigenvalue weighted by Crippen LogP contribution is -2.36. The van der Waals surface area contributed by atoms with Gasteiger partial charge in [-0.2, -0.15) is 0 Å². The van der Waals surface area contributed by atoms with Crippen LogP contribution in [-0.2, 0) is 0 Å². The van der Waals surface area contributed by atoms with Crippen LogP contribution in [0.4, 0.5) is 0 Å². The number of rotatable bonds is 1. The molecule has 2 fully saturated rings. The predicted octanol–water partition coefficient (Wildman–Crippen LogP) is 2.27. The molecule has 0 bridgehead atoms. The SMILES string of the molecule is C#CC1CCCCCN1C1CC1C. The third-order valence-electron chi connectivity index (χ3n) is 3.48. The lowest BCUT2D eigenvalue weighted by molar-refractivity contribution is 0.222. The van der Waals surface area contributed by atoms with E-state index >= 15 is 0 Å². The molecule has 1 aliphatic heterocycles. The number of hydrogen-bond acceptors (Lipinski definition) is 1. The van der Waals surface area contributed by atoms with E-state index in [4.69, 9.17) is 6.42 Å². The average Bonchev–Trinajstić information content (AvgIpc) is 2.86. The van der Waals surface area contributed by atoms with E-state index in [1.54, 1.807) is 0 Å². The number of terminal acetylenes is 1. The van der Waals surface area contributed by atoms with Crippen molar-refractivity contribution in [3.63, 3.8) is 0 Å². The van der Waals surface area contributed by atoms with Crippen LogP contribution in [0.5, 0.6) is 0 Å². The van der Waals surface area contributed by atoms with Crippen molar-refractivity contribution in [3.05, 3.63) is 0 Å². The van der Waals surface area contributed by atoms with Crippen LogP contribution in [0.25, 0.3) is 0 Å². The molecule has 0 amide bonds. The van der Waals surface area contributed by atoms with Crippen molar-refractivity contribution in [2.75, 3.05) is 6.54 Å². The molecule has 3 atom stereocenters. The molecule has 0 N–H and O–H groups in total. The molecule has 1 heteroatoms. The van der Waals surface area contributed by atoms with Crippen molar-refractivity contribution in [2.24, 2.45) is 5.92 Å². The molecule has 2 rings (SSSR count). The van der Waals surface area contributed by atoms with Gasteiger partial charge in [0.15, 0.2) is 0 Å². The lowest BCUT2D eigenvalue weighted by Gasteiger charge is -2.26. The van der Waals surface area contributed by atoms with Gasteiger partial charge in [0, 0.05) is 6.04 Å². The maximum absolute atomic E-state index is 5.58. The Morgan fingerprint density at radius 1 is 1.31 bits per heavy atom. The van der Waals surface area contributed by atoms with E-state index in [9.17, 15) is 0 Å². The van der Waals surface area contributed by atoms with Crippen LogP contribution < -0.4 is 0 Å². The standard InChI is InChI=1S/C12H19N/c1-3-11-7-5-4-6-8-13(11)12-9-10(12)2/h1,10-12H,4-9H2,2H3. The summed E-state index contributed by atoms with van der Waals surface area (Å²) >= 11 is 0. The van der Waals surface area contributed by atoms with Crippen molar-refractivity contribution in [2.45, 2.75) is 51.1 Å². The van der Waals surface area contributed by atoms with Crippen molar-refractivity contribution < 1.29 is 0 Å². The summed E-state index contributed by atoms with van der Waals surface area (Å²) in [7, 11) is 0. The number of likely N-dealkylation sites (tertiary alicyclic amines) is 1. The molecule has 0 aromatic rings. The summed E-state index contributed by atoms with van der Waals surface area (Å²) in [5.74, 6) is 3.86. The molecule has 1 heterocycles. The van der Waals surface area contributed by atoms with Gasteiger partial charge in [0.2, 0.25) is 0 Å². The Hall–Kier alpha value is -0.480. The first-order valence-corrected chi connectivity index (χ1v) is 5.55. The fourth-order valence-electron chi connectivity index (χ4n) is 2.47. The summed E-state index contributed by atoms with van der Waals surface area (Å²) in [6, 6.07) is 1.26. The Bertz CT molecular complexity index is 216. The van der Waals surface area contributed by atoms with E-state index in [1.807, 2.05) is 0 Å². The van der Waals surface area contributed by atoms with Gasteiger partial charge in [0.1, 0.15) is 0 Å². The Labute approximate surface area is 81.5 Å². The summed E-state index contributed by atoms with van der Waals surface area (Å²) in [5, 5.41) is 0. The number of hydrogen-bond donors (Lipinski definition) is 0. The van der Waals surface area contributed by atoms with Gasteiger partial charge in [-0.25, -0.2) is 0 Å². The Balaban J connectivity index is 2.00. The Morgan fingerprint density at radius 3 is 2.69 bits per heavy atom. The van der Waals surface area contributed by atoms with E-state index in [0.717, 1.165) is 12.0 Å². The summed E-state index contributed by atoms with van der Waals surface area (Å²) in [5.41, 5.74) is 0. The highest BCUT2D eigenvalue weighted by molar-refractivity contribution is 5.06. The molecule has 1 aliphatic carbocycles. The topological polar surface area (TPSA) is 3.24 Å². The molecule has 0 aromatic carbocycles. The second-order valence-corrected chi connectivity index (χ2v) is 4.55. The maximum Gasteiger partial charge on any atom is 0.0714 e. The molecular weight excluding hydrogens is 158 g/mol. The maximum atomic E-state index is 5.58. The molecule has 3 unspecified atom stereocenters. The zero-order valence-electron chi connectivity index (χ0n) is 8.50. The molecule has 72 valence electrons. The van der Waals surface area contributed by atoms with Crippen LogP contribution in [0.2, 0.25) is 0 Å². The first kappa shape index (κ1) is 9.09. The second kappa shape index (κ2) is 3.72. The van der Waals surface area contributed by atoms with Gasteiger partial charge in [-0.05, 0) is 31.7 Å². The van der Waals surface area contributed by atoms with Crippen molar-refractivity contribution >= 4 is 0 Å². The second-order valence-electron chi connectivity index (χ2n) is 4.55. The van der Waals surface area contributed by atoms with Gasteiger partial charge in [-0.1, -0.05) is 25.7 Å². The third kappa shape index (κ3) is 1.89. The fourth-order valence-corrected chi connectivity index (χ4v) is 2.47. The predicted molar refractivity (Wildman–Crippen MR) is 55.4 cm³/mol. The highest BCUT2D eigenvalue weighted by Gasteiger charge is 2.40. The lowest BCUT2D eigenvalue weighted by atomic mass is 10.1. The molecule has 0 aromatic heterocycles. The Kier molecular flexibility index (Phi) is 2.60. The van der Waals surface area contributed by atoms with Gasteiger partial charge in [0.25, 0.3) is 0 Å². The smallest absolute Gasteiger partial charge is 0.0714 e. The molecule has 1 saturated heterocycles. The van der Waals surface area contributed by atoms with Crippen LogP contribution in [0.3, 0.4) is 0 Å². The van der Waals surface area contributed by atoms with Crippen LogP contribution in [0.1, 0.15) is 39.0 Å². The molecule has 0 spiro atoms. The van der Waals surface area contributed by atoms with Gasteiger partial charge in [-0.3, -0.25) is 4.90 Å². The summed E-state index contributed by atoms with van der Waals surface area (Å²) in [6.07, 6.45) is 12.2. The minimum atomic E-state index is 0.442. The zero-order valence-corrected chi connectivity index (χ0v) is 8.50. The van der Waals surface area contributed by atoms with Crippen LogP contribution in [0, 0.1) is 18.3 Å². The summed E-state index contributed by atoms with van der Waals surface area (Å²) in [6.45, 7) is 3.58. The molecule has 2 aliphatic rings. The normalized spacial score (nSPS) is 40.8. The Morgan fingerprint density at radius 2 is 2.08 bits per heavy atom. The van der Waals surface area contributed by atoms with E-state index in [1.165, 1.54) is 38.6 Å². The third-order valence-corrected chi connectivity index (χ3v) is 3.48. The van der Waals surface area contributed by atoms with Gasteiger partial charge >= 0.3 is 0 Å². The quantitative estimate of drug-likeness (QED) is 0.555. The van der Waals surface area contributed by atoms with Crippen molar-refractivity contribution in [3.8, 4) is 12.3 Å².